The van der Waals surface area contributed by atoms with E-state index in [2.05, 4.69) is 88.0 Å². The standard InChI is InChI=1S/C31H40N8/c1-3-37(22-23-9-5-4-6-10-23)28-12-8-7-11-26(28)30-34-29(32)27-21-33-39(31(27)35-30)25-15-13-24(14-16-25)38-19-17-36(2)18-20-38/h4-12,21,24-25H,3,13-20,22H2,1-2H3,(H2,32,34,35). The van der Waals surface area contributed by atoms with E-state index in [9.17, 15) is 0 Å². The Morgan fingerprint density at radius 3 is 2.31 bits per heavy atom. The van der Waals surface area contributed by atoms with Crippen LogP contribution in [0.15, 0.2) is 60.8 Å². The normalized spacial score (nSPS) is 20.9. The van der Waals surface area contributed by atoms with Crippen molar-refractivity contribution in [1.82, 2.24) is 29.5 Å². The number of para-hydroxylation sites is 1. The zero-order valence-corrected chi connectivity index (χ0v) is 23.2. The Morgan fingerprint density at radius 2 is 1.56 bits per heavy atom. The van der Waals surface area contributed by atoms with Crippen molar-refractivity contribution in [1.29, 1.82) is 0 Å². The maximum Gasteiger partial charge on any atom is 0.166 e. The summed E-state index contributed by atoms with van der Waals surface area (Å²) in [5, 5.41) is 5.64. The summed E-state index contributed by atoms with van der Waals surface area (Å²) in [5.74, 6) is 1.16. The second kappa shape index (κ2) is 11.3. The van der Waals surface area contributed by atoms with Gasteiger partial charge in [-0.05, 0) is 57.4 Å². The number of fused-ring (bicyclic) bond motifs is 1. The van der Waals surface area contributed by atoms with Gasteiger partial charge in [-0.3, -0.25) is 4.90 Å². The number of nitrogens with two attached hydrogens (primary N) is 1. The van der Waals surface area contributed by atoms with Crippen LogP contribution in [-0.2, 0) is 6.54 Å². The smallest absolute Gasteiger partial charge is 0.166 e. The van der Waals surface area contributed by atoms with Crippen molar-refractivity contribution in [3.05, 3.63) is 66.4 Å². The average Bonchev–Trinajstić information content (AvgIpc) is 3.42. The predicted molar refractivity (Wildman–Crippen MR) is 159 cm³/mol. The fourth-order valence-electron chi connectivity index (χ4n) is 6.30. The summed E-state index contributed by atoms with van der Waals surface area (Å²) < 4.78 is 2.13. The average molecular weight is 525 g/mol. The van der Waals surface area contributed by atoms with Crippen LogP contribution >= 0.6 is 0 Å². The quantitative estimate of drug-likeness (QED) is 0.371. The van der Waals surface area contributed by atoms with E-state index in [1.165, 1.54) is 44.6 Å². The summed E-state index contributed by atoms with van der Waals surface area (Å²) in [6.45, 7) is 8.59. The molecule has 4 aromatic rings. The number of rotatable bonds is 7. The Kier molecular flexibility index (Phi) is 7.48. The molecule has 2 aromatic heterocycles. The number of nitrogens with zero attached hydrogens (tertiary/aromatic N) is 7. The molecule has 0 spiro atoms. The monoisotopic (exact) mass is 524 g/mol. The second-order valence-electron chi connectivity index (χ2n) is 11.1. The SMILES string of the molecule is CCN(Cc1ccccc1)c1ccccc1-c1nc(N)c2cnn(C3CCC(N4CCN(C)CC4)CC3)c2n1. The highest BCUT2D eigenvalue weighted by molar-refractivity contribution is 5.88. The third kappa shape index (κ3) is 5.36. The van der Waals surface area contributed by atoms with Gasteiger partial charge in [-0.2, -0.15) is 5.10 Å². The molecule has 0 radical (unpaired) electrons. The number of nitrogen functional groups attached to an aromatic ring is 1. The van der Waals surface area contributed by atoms with E-state index in [0.29, 0.717) is 23.7 Å². The van der Waals surface area contributed by atoms with Gasteiger partial charge in [-0.25, -0.2) is 14.6 Å². The van der Waals surface area contributed by atoms with Crippen LogP contribution in [0.2, 0.25) is 0 Å². The Labute approximate surface area is 231 Å². The molecule has 1 saturated heterocycles. The van der Waals surface area contributed by atoms with E-state index in [1.807, 2.05) is 6.20 Å². The van der Waals surface area contributed by atoms with Gasteiger partial charge in [0.2, 0.25) is 0 Å². The largest absolute Gasteiger partial charge is 0.383 e. The summed E-state index contributed by atoms with van der Waals surface area (Å²) in [6, 6.07) is 20.0. The first-order valence-corrected chi connectivity index (χ1v) is 14.4. The van der Waals surface area contributed by atoms with E-state index in [4.69, 9.17) is 20.8 Å². The zero-order chi connectivity index (χ0) is 26.8. The molecule has 1 aliphatic heterocycles. The van der Waals surface area contributed by atoms with Gasteiger partial charge in [-0.1, -0.05) is 42.5 Å². The lowest BCUT2D eigenvalue weighted by Crippen LogP contribution is -2.49. The van der Waals surface area contributed by atoms with Crippen LogP contribution in [0.25, 0.3) is 22.4 Å². The van der Waals surface area contributed by atoms with Crippen molar-refractivity contribution in [2.24, 2.45) is 0 Å². The van der Waals surface area contributed by atoms with Gasteiger partial charge in [0.25, 0.3) is 0 Å². The summed E-state index contributed by atoms with van der Waals surface area (Å²) in [7, 11) is 2.22. The number of aromatic nitrogens is 4. The van der Waals surface area contributed by atoms with Gasteiger partial charge >= 0.3 is 0 Å². The fraction of sp³-hybridized carbons (Fsp3) is 0.452. The molecule has 39 heavy (non-hydrogen) atoms. The van der Waals surface area contributed by atoms with Crippen LogP contribution in [0, 0.1) is 0 Å². The Morgan fingerprint density at radius 1 is 0.872 bits per heavy atom. The first-order chi connectivity index (χ1) is 19.1. The summed E-state index contributed by atoms with van der Waals surface area (Å²) in [4.78, 5) is 17.4. The highest BCUT2D eigenvalue weighted by Crippen LogP contribution is 2.35. The Bertz CT molecular complexity index is 1380. The van der Waals surface area contributed by atoms with E-state index >= 15 is 0 Å². The van der Waals surface area contributed by atoms with Gasteiger partial charge in [0.05, 0.1) is 17.6 Å². The molecule has 8 nitrogen and oxygen atoms in total. The maximum atomic E-state index is 6.52. The molecular formula is C31H40N8. The van der Waals surface area contributed by atoms with E-state index in [0.717, 1.165) is 48.2 Å². The Hall–Kier alpha value is -3.49. The van der Waals surface area contributed by atoms with Crippen molar-refractivity contribution in [3.8, 4) is 11.4 Å². The van der Waals surface area contributed by atoms with Gasteiger partial charge in [0.15, 0.2) is 11.5 Å². The van der Waals surface area contributed by atoms with Crippen molar-refractivity contribution >= 4 is 22.5 Å². The molecule has 204 valence electrons. The molecule has 0 unspecified atom stereocenters. The number of likely N-dealkylation sites (N-methyl/N-ethyl adjacent to an activating group) is 1. The molecule has 0 atom stereocenters. The molecule has 0 bridgehead atoms. The molecule has 2 fully saturated rings. The minimum absolute atomic E-state index is 0.342. The van der Waals surface area contributed by atoms with Gasteiger partial charge in [0.1, 0.15) is 5.82 Å². The Balaban J connectivity index is 1.27. The van der Waals surface area contributed by atoms with Crippen LogP contribution in [0.3, 0.4) is 0 Å². The third-order valence-corrected chi connectivity index (χ3v) is 8.63. The van der Waals surface area contributed by atoms with Crippen molar-refractivity contribution < 1.29 is 0 Å². The molecule has 2 N–H and O–H groups in total. The first-order valence-electron chi connectivity index (χ1n) is 14.4. The fourth-order valence-corrected chi connectivity index (χ4v) is 6.30. The van der Waals surface area contributed by atoms with E-state index in [1.54, 1.807) is 0 Å². The van der Waals surface area contributed by atoms with Crippen LogP contribution < -0.4 is 10.6 Å². The minimum atomic E-state index is 0.342. The molecule has 6 rings (SSSR count). The van der Waals surface area contributed by atoms with Crippen molar-refractivity contribution in [2.45, 2.75) is 51.2 Å². The van der Waals surface area contributed by atoms with Crippen LogP contribution in [0.1, 0.15) is 44.2 Å². The molecule has 8 heteroatoms. The number of hydrogen-bond acceptors (Lipinski definition) is 7. The number of hydrogen-bond donors (Lipinski definition) is 1. The number of anilines is 2. The lowest BCUT2D eigenvalue weighted by Gasteiger charge is -2.41. The lowest BCUT2D eigenvalue weighted by atomic mass is 9.90. The van der Waals surface area contributed by atoms with Crippen molar-refractivity contribution in [2.75, 3.05) is 50.4 Å². The molecular weight excluding hydrogens is 484 g/mol. The van der Waals surface area contributed by atoms with Crippen LogP contribution in [0.5, 0.6) is 0 Å². The zero-order valence-electron chi connectivity index (χ0n) is 23.2. The third-order valence-electron chi connectivity index (χ3n) is 8.63. The first kappa shape index (κ1) is 25.8. The van der Waals surface area contributed by atoms with E-state index < -0.39 is 0 Å². The summed E-state index contributed by atoms with van der Waals surface area (Å²) >= 11 is 0. The van der Waals surface area contributed by atoms with Crippen LogP contribution in [0.4, 0.5) is 11.5 Å². The minimum Gasteiger partial charge on any atom is -0.383 e. The molecule has 2 aliphatic rings. The van der Waals surface area contributed by atoms with Gasteiger partial charge in [0, 0.05) is 56.6 Å². The predicted octanol–water partition coefficient (Wildman–Crippen LogP) is 4.83. The molecule has 1 saturated carbocycles. The molecule has 2 aromatic carbocycles. The maximum absolute atomic E-state index is 6.52. The van der Waals surface area contributed by atoms with Gasteiger partial charge < -0.3 is 15.5 Å². The lowest BCUT2D eigenvalue weighted by molar-refractivity contribution is 0.0815. The van der Waals surface area contributed by atoms with Crippen molar-refractivity contribution in [3.63, 3.8) is 0 Å². The number of benzene rings is 2. The molecule has 1 aliphatic carbocycles. The summed E-state index contributed by atoms with van der Waals surface area (Å²) in [6.07, 6.45) is 6.49. The summed E-state index contributed by atoms with van der Waals surface area (Å²) in [5.41, 5.74) is 10.8. The van der Waals surface area contributed by atoms with Crippen LogP contribution in [-0.4, -0.2) is 75.4 Å². The molecule has 0 amide bonds. The highest BCUT2D eigenvalue weighted by Gasteiger charge is 2.30. The van der Waals surface area contributed by atoms with Gasteiger partial charge in [-0.15, -0.1) is 0 Å². The molecule has 3 heterocycles. The highest BCUT2D eigenvalue weighted by atomic mass is 15.3. The van der Waals surface area contributed by atoms with E-state index in [-0.39, 0.29) is 0 Å². The topological polar surface area (TPSA) is 79.3 Å². The second-order valence-corrected chi connectivity index (χ2v) is 11.1. The number of piperazine rings is 1.